The number of benzene rings is 2. The normalized spacial score (nSPS) is 11.9. The molecule has 0 fully saturated rings. The number of oxime groups is 1. The van der Waals surface area contributed by atoms with E-state index in [1.807, 2.05) is 37.3 Å². The number of hydrogen-bond donors (Lipinski definition) is 0. The second kappa shape index (κ2) is 11.3. The molecule has 0 atom stereocenters. The average molecular weight is 465 g/mol. The molecule has 0 aliphatic carbocycles. The lowest BCUT2D eigenvalue weighted by atomic mass is 9.93. The molecule has 1 heterocycles. The van der Waals surface area contributed by atoms with E-state index in [2.05, 4.69) is 26.3 Å². The number of allylic oxidation sites excluding steroid dienone is 1. The number of aromatic nitrogens is 2. The smallest absolute Gasteiger partial charge is 0.216 e. The van der Waals surface area contributed by atoms with Gasteiger partial charge in [0.25, 0.3) is 0 Å². The van der Waals surface area contributed by atoms with Crippen LogP contribution >= 0.6 is 11.6 Å². The highest BCUT2D eigenvalue weighted by Crippen LogP contribution is 2.34. The molecule has 0 saturated heterocycles. The first-order valence-corrected chi connectivity index (χ1v) is 10.8. The molecule has 3 rings (SSSR count). The second-order valence-corrected chi connectivity index (χ2v) is 7.68. The first-order valence-electron chi connectivity index (χ1n) is 10.4. The van der Waals surface area contributed by atoms with Gasteiger partial charge < -0.3 is 14.0 Å². The molecular formula is C25H25ClN4O3. The Hall–Kier alpha value is -3.63. The minimum atomic E-state index is 0.195. The fourth-order valence-electron chi connectivity index (χ4n) is 3.57. The van der Waals surface area contributed by atoms with Crippen LogP contribution in [0, 0.1) is 20.4 Å². The van der Waals surface area contributed by atoms with Gasteiger partial charge in [-0.05, 0) is 60.2 Å². The van der Waals surface area contributed by atoms with E-state index in [1.54, 1.807) is 20.1 Å². The van der Waals surface area contributed by atoms with Crippen molar-refractivity contribution in [3.8, 4) is 5.75 Å². The lowest BCUT2D eigenvalue weighted by Crippen LogP contribution is -2.02. The molecule has 8 heteroatoms. The maximum Gasteiger partial charge on any atom is 0.216 e. The standard InChI is InChI=1S/C25H25ClN4O3/c1-16-13-19(15-22(24(16)31-4)25(26)30-32-5)21(18-9-8-10-20(14-18)27-3)11-6-7-12-23-29-28-17(2)33-23/h8-11,13-15H,6-7,12H2,1-2,4-5H3/b21-11-,30-25-. The average Bonchev–Trinajstić information content (AvgIpc) is 3.23. The summed E-state index contributed by atoms with van der Waals surface area (Å²) in [7, 11) is 3.04. The largest absolute Gasteiger partial charge is 0.496 e. The SMILES string of the molecule is [C-]#[N+]c1cccc(/C(=C/CCCc2nnc(C)o2)c2cc(C)c(OC)c(/C(Cl)=N/OC)c2)c1. The third-order valence-corrected chi connectivity index (χ3v) is 5.25. The molecule has 0 unspecified atom stereocenters. The lowest BCUT2D eigenvalue weighted by molar-refractivity contribution is 0.214. The molecule has 7 nitrogen and oxygen atoms in total. The van der Waals surface area contributed by atoms with Gasteiger partial charge in [0.1, 0.15) is 12.9 Å². The Morgan fingerprint density at radius 3 is 2.67 bits per heavy atom. The summed E-state index contributed by atoms with van der Waals surface area (Å²) in [5.41, 5.74) is 4.96. The van der Waals surface area contributed by atoms with Gasteiger partial charge in [0, 0.05) is 13.3 Å². The van der Waals surface area contributed by atoms with Gasteiger partial charge >= 0.3 is 0 Å². The van der Waals surface area contributed by atoms with Crippen molar-refractivity contribution in [3.05, 3.63) is 87.9 Å². The number of unbranched alkanes of at least 4 members (excludes halogenated alkanes) is 1. The molecule has 0 bridgehead atoms. The van der Waals surface area contributed by atoms with Crippen LogP contribution in [-0.4, -0.2) is 29.6 Å². The van der Waals surface area contributed by atoms with Gasteiger partial charge in [-0.3, -0.25) is 0 Å². The van der Waals surface area contributed by atoms with Crippen LogP contribution in [0.15, 0.2) is 52.0 Å². The van der Waals surface area contributed by atoms with E-state index in [0.29, 0.717) is 35.2 Å². The molecule has 0 N–H and O–H groups in total. The van der Waals surface area contributed by atoms with E-state index in [1.165, 1.54) is 7.11 Å². The van der Waals surface area contributed by atoms with Crippen LogP contribution in [0.3, 0.4) is 0 Å². The Bertz CT molecular complexity index is 1220. The van der Waals surface area contributed by atoms with E-state index < -0.39 is 0 Å². The van der Waals surface area contributed by atoms with Crippen LogP contribution in [0.4, 0.5) is 5.69 Å². The van der Waals surface area contributed by atoms with Crippen molar-refractivity contribution >= 4 is 28.0 Å². The summed E-state index contributed by atoms with van der Waals surface area (Å²) in [6.07, 6.45) is 4.45. The lowest BCUT2D eigenvalue weighted by Gasteiger charge is -2.16. The summed E-state index contributed by atoms with van der Waals surface area (Å²) in [6.45, 7) is 11.1. The van der Waals surface area contributed by atoms with Crippen molar-refractivity contribution in [2.24, 2.45) is 5.16 Å². The topological polar surface area (TPSA) is 74.1 Å². The third-order valence-electron chi connectivity index (χ3n) is 4.98. The fourth-order valence-corrected chi connectivity index (χ4v) is 3.78. The highest BCUT2D eigenvalue weighted by atomic mass is 35.5. The molecule has 33 heavy (non-hydrogen) atoms. The quantitative estimate of drug-likeness (QED) is 0.162. The van der Waals surface area contributed by atoms with Crippen LogP contribution in [0.1, 0.15) is 46.9 Å². The number of methoxy groups -OCH3 is 1. The van der Waals surface area contributed by atoms with Crippen molar-refractivity contribution in [3.63, 3.8) is 0 Å². The Balaban J connectivity index is 2.03. The number of hydrogen-bond acceptors (Lipinski definition) is 6. The number of ether oxygens (including phenoxy) is 1. The monoisotopic (exact) mass is 464 g/mol. The van der Waals surface area contributed by atoms with Crippen LogP contribution in [-0.2, 0) is 11.3 Å². The van der Waals surface area contributed by atoms with Gasteiger partial charge in [0.2, 0.25) is 11.8 Å². The maximum absolute atomic E-state index is 7.39. The molecule has 0 amide bonds. The van der Waals surface area contributed by atoms with E-state index in [4.69, 9.17) is 32.2 Å². The molecule has 0 aliphatic rings. The van der Waals surface area contributed by atoms with Gasteiger partial charge in [-0.15, -0.1) is 10.2 Å². The molecule has 3 aromatic rings. The third kappa shape index (κ3) is 5.99. The Labute approximate surface area is 198 Å². The van der Waals surface area contributed by atoms with Gasteiger partial charge in [0.15, 0.2) is 10.9 Å². The number of halogens is 1. The van der Waals surface area contributed by atoms with Crippen LogP contribution in [0.2, 0.25) is 0 Å². The van der Waals surface area contributed by atoms with E-state index in [-0.39, 0.29) is 5.17 Å². The van der Waals surface area contributed by atoms with Crippen molar-refractivity contribution in [1.29, 1.82) is 0 Å². The van der Waals surface area contributed by atoms with Crippen molar-refractivity contribution in [1.82, 2.24) is 10.2 Å². The maximum atomic E-state index is 7.39. The number of aryl methyl sites for hydroxylation is 3. The number of rotatable bonds is 9. The molecule has 0 aliphatic heterocycles. The predicted molar refractivity (Wildman–Crippen MR) is 129 cm³/mol. The van der Waals surface area contributed by atoms with Crippen molar-refractivity contribution < 1.29 is 14.0 Å². The fraction of sp³-hybridized carbons (Fsp3) is 0.280. The number of nitrogens with zero attached hydrogens (tertiary/aromatic N) is 4. The second-order valence-electron chi connectivity index (χ2n) is 7.33. The molecule has 0 radical (unpaired) electrons. The first kappa shape index (κ1) is 24.0. The van der Waals surface area contributed by atoms with Gasteiger partial charge in [0.05, 0.1) is 19.2 Å². The molecule has 0 saturated carbocycles. The minimum Gasteiger partial charge on any atom is -0.496 e. The first-order chi connectivity index (χ1) is 16.0. The highest BCUT2D eigenvalue weighted by Gasteiger charge is 2.16. The summed E-state index contributed by atoms with van der Waals surface area (Å²) >= 11 is 6.39. The Morgan fingerprint density at radius 1 is 1.18 bits per heavy atom. The van der Waals surface area contributed by atoms with Crippen molar-refractivity contribution in [2.45, 2.75) is 33.1 Å². The van der Waals surface area contributed by atoms with Crippen LogP contribution < -0.4 is 4.74 Å². The Morgan fingerprint density at radius 2 is 2.00 bits per heavy atom. The summed E-state index contributed by atoms with van der Waals surface area (Å²) in [6, 6.07) is 11.5. The molecule has 0 spiro atoms. The van der Waals surface area contributed by atoms with Crippen LogP contribution in [0.25, 0.3) is 10.4 Å². The van der Waals surface area contributed by atoms with Gasteiger partial charge in [-0.2, -0.15) is 0 Å². The van der Waals surface area contributed by atoms with Gasteiger partial charge in [-0.1, -0.05) is 41.0 Å². The molecule has 1 aromatic heterocycles. The zero-order valence-electron chi connectivity index (χ0n) is 19.1. The zero-order chi connectivity index (χ0) is 23.8. The van der Waals surface area contributed by atoms with Crippen LogP contribution in [0.5, 0.6) is 5.75 Å². The van der Waals surface area contributed by atoms with E-state index in [0.717, 1.165) is 35.1 Å². The van der Waals surface area contributed by atoms with Gasteiger partial charge in [-0.25, -0.2) is 4.85 Å². The summed E-state index contributed by atoms with van der Waals surface area (Å²) in [5, 5.41) is 12.0. The summed E-state index contributed by atoms with van der Waals surface area (Å²) < 4.78 is 11.0. The highest BCUT2D eigenvalue weighted by molar-refractivity contribution is 6.69. The molecule has 2 aromatic carbocycles. The summed E-state index contributed by atoms with van der Waals surface area (Å²) in [4.78, 5) is 8.45. The zero-order valence-corrected chi connectivity index (χ0v) is 19.8. The van der Waals surface area contributed by atoms with E-state index in [9.17, 15) is 0 Å². The predicted octanol–water partition coefficient (Wildman–Crippen LogP) is 6.25. The molecular weight excluding hydrogens is 440 g/mol. The minimum absolute atomic E-state index is 0.195. The summed E-state index contributed by atoms with van der Waals surface area (Å²) in [5.74, 6) is 1.82. The van der Waals surface area contributed by atoms with Crippen molar-refractivity contribution in [2.75, 3.05) is 14.2 Å². The van der Waals surface area contributed by atoms with E-state index >= 15 is 0 Å². The molecule has 170 valence electrons. The Kier molecular flexibility index (Phi) is 8.22.